The molecule has 0 atom stereocenters. The van der Waals surface area contributed by atoms with Gasteiger partial charge in [0.25, 0.3) is 0 Å². The molecular formula is C17H23N3. The summed E-state index contributed by atoms with van der Waals surface area (Å²) in [5, 5.41) is 0. The van der Waals surface area contributed by atoms with Gasteiger partial charge in [-0.3, -0.25) is 0 Å². The fourth-order valence-corrected chi connectivity index (χ4v) is 1.99. The third kappa shape index (κ3) is 3.23. The lowest BCUT2D eigenvalue weighted by atomic mass is 9.93. The third-order valence-corrected chi connectivity index (χ3v) is 3.19. The van der Waals surface area contributed by atoms with Crippen LogP contribution in [0.2, 0.25) is 0 Å². The molecule has 0 unspecified atom stereocenters. The van der Waals surface area contributed by atoms with E-state index in [1.165, 1.54) is 5.57 Å². The topological polar surface area (TPSA) is 50.7 Å². The zero-order valence-corrected chi connectivity index (χ0v) is 12.8. The molecule has 0 radical (unpaired) electrons. The minimum Gasteiger partial charge on any atom is -0.382 e. The van der Waals surface area contributed by atoms with Crippen molar-refractivity contribution in [1.29, 1.82) is 0 Å². The molecule has 0 aromatic carbocycles. The van der Waals surface area contributed by atoms with E-state index in [0.29, 0.717) is 11.5 Å². The van der Waals surface area contributed by atoms with Crippen molar-refractivity contribution in [2.45, 2.75) is 34.1 Å². The maximum absolute atomic E-state index is 5.96. The molecule has 3 heteroatoms. The van der Waals surface area contributed by atoms with Crippen molar-refractivity contribution in [1.82, 2.24) is 0 Å². The molecule has 106 valence electrons. The quantitative estimate of drug-likeness (QED) is 0.768. The van der Waals surface area contributed by atoms with Gasteiger partial charge < -0.3 is 5.73 Å². The van der Waals surface area contributed by atoms with Crippen LogP contribution in [0, 0.1) is 0 Å². The fraction of sp³-hybridized carbons (Fsp3) is 0.294. The number of allylic oxidation sites excluding steroid dienone is 6. The first-order chi connectivity index (χ1) is 9.46. The second kappa shape index (κ2) is 6.85. The Morgan fingerprint density at radius 1 is 1.45 bits per heavy atom. The molecule has 3 nitrogen and oxygen atoms in total. The second-order valence-electron chi connectivity index (χ2n) is 4.74. The highest BCUT2D eigenvalue weighted by Crippen LogP contribution is 2.25. The number of nitrogens with zero attached hydrogens (tertiary/aromatic N) is 2. The summed E-state index contributed by atoms with van der Waals surface area (Å²) in [6, 6.07) is 0. The van der Waals surface area contributed by atoms with Gasteiger partial charge in [0.2, 0.25) is 0 Å². The lowest BCUT2D eigenvalue weighted by Crippen LogP contribution is -2.28. The van der Waals surface area contributed by atoms with Crippen molar-refractivity contribution in [2.24, 2.45) is 15.7 Å². The highest BCUT2D eigenvalue weighted by molar-refractivity contribution is 6.49. The van der Waals surface area contributed by atoms with Crippen LogP contribution in [0.15, 0.2) is 69.5 Å². The van der Waals surface area contributed by atoms with Gasteiger partial charge in [-0.1, -0.05) is 37.8 Å². The highest BCUT2D eigenvalue weighted by atomic mass is 14.9. The van der Waals surface area contributed by atoms with Crippen molar-refractivity contribution in [2.75, 3.05) is 0 Å². The molecule has 0 saturated heterocycles. The number of rotatable bonds is 4. The summed E-state index contributed by atoms with van der Waals surface area (Å²) < 4.78 is 0. The number of hydrogen-bond acceptors (Lipinski definition) is 3. The maximum atomic E-state index is 5.96. The van der Waals surface area contributed by atoms with Crippen LogP contribution >= 0.6 is 0 Å². The van der Waals surface area contributed by atoms with Gasteiger partial charge in [-0.05, 0) is 32.8 Å². The van der Waals surface area contributed by atoms with Gasteiger partial charge in [-0.25, -0.2) is 9.98 Å². The first kappa shape index (κ1) is 15.9. The highest BCUT2D eigenvalue weighted by Gasteiger charge is 2.19. The SMILES string of the molecule is C=C/C(=C\C)C1=CN=C(N)C(=NC(CC)=C(C)C)C1=C. The van der Waals surface area contributed by atoms with Gasteiger partial charge in [-0.15, -0.1) is 0 Å². The lowest BCUT2D eigenvalue weighted by molar-refractivity contribution is 1.02. The van der Waals surface area contributed by atoms with E-state index < -0.39 is 0 Å². The Morgan fingerprint density at radius 3 is 2.55 bits per heavy atom. The van der Waals surface area contributed by atoms with E-state index in [4.69, 9.17) is 5.73 Å². The second-order valence-corrected chi connectivity index (χ2v) is 4.74. The van der Waals surface area contributed by atoms with Crippen LogP contribution in [0.4, 0.5) is 0 Å². The maximum Gasteiger partial charge on any atom is 0.149 e. The van der Waals surface area contributed by atoms with Gasteiger partial charge in [0.15, 0.2) is 0 Å². The van der Waals surface area contributed by atoms with E-state index in [1.807, 2.05) is 26.8 Å². The van der Waals surface area contributed by atoms with E-state index in [0.717, 1.165) is 28.8 Å². The monoisotopic (exact) mass is 269 g/mol. The number of amidine groups is 1. The summed E-state index contributed by atoms with van der Waals surface area (Å²) >= 11 is 0. The summed E-state index contributed by atoms with van der Waals surface area (Å²) in [5.41, 5.74) is 11.5. The molecule has 0 spiro atoms. The van der Waals surface area contributed by atoms with Crippen LogP contribution in [0.1, 0.15) is 34.1 Å². The molecule has 0 aliphatic carbocycles. The minimum absolute atomic E-state index is 0.408. The number of aliphatic imine (C=N–C) groups is 2. The Bertz CT molecular complexity index is 577. The van der Waals surface area contributed by atoms with E-state index in [2.05, 4.69) is 30.1 Å². The van der Waals surface area contributed by atoms with Gasteiger partial charge in [0.05, 0.1) is 0 Å². The summed E-state index contributed by atoms with van der Waals surface area (Å²) in [7, 11) is 0. The Labute approximate surface area is 121 Å². The average Bonchev–Trinajstić information content (AvgIpc) is 2.42. The standard InChI is InChI=1S/C17H23N3/c1-7-13(8-2)14-10-19-17(18)16(12(14)6)20-15(9-3)11(4)5/h7-8,10H,1,6,9H2,2-5H3,(H2,18,19)/b13-8+,20-16?. The number of hydrogen-bond donors (Lipinski definition) is 1. The van der Waals surface area contributed by atoms with E-state index >= 15 is 0 Å². The van der Waals surface area contributed by atoms with E-state index in [1.54, 1.807) is 12.3 Å². The van der Waals surface area contributed by atoms with Crippen LogP contribution in [-0.2, 0) is 0 Å². The van der Waals surface area contributed by atoms with Crippen molar-refractivity contribution in [3.63, 3.8) is 0 Å². The Balaban J connectivity index is 3.34. The Kier molecular flexibility index (Phi) is 5.44. The van der Waals surface area contributed by atoms with Crippen LogP contribution in [0.5, 0.6) is 0 Å². The third-order valence-electron chi connectivity index (χ3n) is 3.19. The zero-order valence-electron chi connectivity index (χ0n) is 12.8. The predicted molar refractivity (Wildman–Crippen MR) is 88.9 cm³/mol. The minimum atomic E-state index is 0.408. The normalized spacial score (nSPS) is 17.7. The first-order valence-corrected chi connectivity index (χ1v) is 6.73. The van der Waals surface area contributed by atoms with Crippen molar-refractivity contribution in [3.8, 4) is 0 Å². The molecule has 1 aliphatic rings. The molecule has 2 N–H and O–H groups in total. The van der Waals surface area contributed by atoms with Crippen molar-refractivity contribution >= 4 is 11.5 Å². The molecule has 1 aliphatic heterocycles. The summed E-state index contributed by atoms with van der Waals surface area (Å²) in [4.78, 5) is 8.89. The summed E-state index contributed by atoms with van der Waals surface area (Å²) in [5.74, 6) is 0.408. The molecule has 0 saturated carbocycles. The first-order valence-electron chi connectivity index (χ1n) is 6.73. The van der Waals surface area contributed by atoms with Gasteiger partial charge >= 0.3 is 0 Å². The number of nitrogens with two attached hydrogens (primary N) is 1. The molecule has 0 bridgehead atoms. The average molecular weight is 269 g/mol. The Hall–Kier alpha value is -2.16. The zero-order chi connectivity index (χ0) is 15.3. The van der Waals surface area contributed by atoms with Crippen molar-refractivity contribution in [3.05, 3.63) is 59.5 Å². The smallest absolute Gasteiger partial charge is 0.149 e. The molecule has 0 aromatic heterocycles. The van der Waals surface area contributed by atoms with E-state index in [9.17, 15) is 0 Å². The largest absolute Gasteiger partial charge is 0.382 e. The summed E-state index contributed by atoms with van der Waals surface area (Å²) in [6.45, 7) is 16.0. The lowest BCUT2D eigenvalue weighted by Gasteiger charge is -2.18. The van der Waals surface area contributed by atoms with Crippen LogP contribution in [0.25, 0.3) is 0 Å². The molecule has 0 fully saturated rings. The van der Waals surface area contributed by atoms with Crippen LogP contribution < -0.4 is 5.73 Å². The fourth-order valence-electron chi connectivity index (χ4n) is 1.99. The van der Waals surface area contributed by atoms with Gasteiger partial charge in [-0.2, -0.15) is 0 Å². The van der Waals surface area contributed by atoms with Crippen LogP contribution in [-0.4, -0.2) is 11.5 Å². The van der Waals surface area contributed by atoms with Gasteiger partial charge in [0, 0.05) is 23.0 Å². The van der Waals surface area contributed by atoms with Gasteiger partial charge in [0.1, 0.15) is 11.5 Å². The molecular weight excluding hydrogens is 246 g/mol. The summed E-state index contributed by atoms with van der Waals surface area (Å²) in [6.07, 6.45) is 6.33. The predicted octanol–water partition coefficient (Wildman–Crippen LogP) is 4.07. The van der Waals surface area contributed by atoms with Crippen LogP contribution in [0.3, 0.4) is 0 Å². The molecule has 20 heavy (non-hydrogen) atoms. The van der Waals surface area contributed by atoms with Crippen molar-refractivity contribution < 1.29 is 0 Å². The molecule has 0 aromatic rings. The molecule has 1 heterocycles. The molecule has 1 rings (SSSR count). The molecule has 0 amide bonds. The Morgan fingerprint density at radius 2 is 2.10 bits per heavy atom. The van der Waals surface area contributed by atoms with E-state index in [-0.39, 0.29) is 0 Å².